The highest BCUT2D eigenvalue weighted by Crippen LogP contribution is 2.21. The van der Waals surface area contributed by atoms with Gasteiger partial charge in [-0.1, -0.05) is 29.8 Å². The number of ether oxygens (including phenoxy) is 1. The van der Waals surface area contributed by atoms with Gasteiger partial charge in [-0.2, -0.15) is 4.31 Å². The molecule has 3 aromatic rings. The maximum absolute atomic E-state index is 13.2. The average molecular weight is 464 g/mol. The minimum absolute atomic E-state index is 0.0661. The van der Waals surface area contributed by atoms with Crippen molar-refractivity contribution in [3.05, 3.63) is 77.5 Å². The van der Waals surface area contributed by atoms with Gasteiger partial charge in [0.1, 0.15) is 21.6 Å². The summed E-state index contributed by atoms with van der Waals surface area (Å²) in [7, 11) is -0.867. The Morgan fingerprint density at radius 2 is 1.90 bits per heavy atom. The van der Waals surface area contributed by atoms with E-state index < -0.39 is 10.0 Å². The zero-order valence-corrected chi connectivity index (χ0v) is 18.6. The molecule has 0 N–H and O–H groups in total. The van der Waals surface area contributed by atoms with E-state index in [4.69, 9.17) is 20.8 Å². The van der Waals surface area contributed by atoms with E-state index in [0.29, 0.717) is 11.5 Å². The fourth-order valence-corrected chi connectivity index (χ4v) is 4.33. The van der Waals surface area contributed by atoms with Gasteiger partial charge >= 0.3 is 0 Å². The van der Waals surface area contributed by atoms with Crippen LogP contribution in [0.25, 0.3) is 0 Å². The number of sulfonamides is 1. The molecule has 0 saturated heterocycles. The number of pyridine rings is 1. The first-order valence-electron chi connectivity index (χ1n) is 9.31. The van der Waals surface area contributed by atoms with Crippen LogP contribution in [-0.2, 0) is 27.9 Å². The molecule has 2 heterocycles. The fraction of sp³-hybridized carbons (Fsp3) is 0.238. The summed E-state index contributed by atoms with van der Waals surface area (Å²) < 4.78 is 38.1. The van der Waals surface area contributed by atoms with Crippen LogP contribution in [0.5, 0.6) is 5.75 Å². The number of nitrogens with zero attached hydrogens (tertiary/aromatic N) is 3. The highest BCUT2D eigenvalue weighted by Gasteiger charge is 2.29. The maximum Gasteiger partial charge on any atom is 0.245 e. The molecule has 0 fully saturated rings. The lowest BCUT2D eigenvalue weighted by Gasteiger charge is -2.24. The summed E-state index contributed by atoms with van der Waals surface area (Å²) in [5.74, 6) is 0.670. The minimum atomic E-state index is -4.03. The largest absolute Gasteiger partial charge is 0.496 e. The molecule has 3 rings (SSSR count). The van der Waals surface area contributed by atoms with E-state index >= 15 is 0 Å². The Labute approximate surface area is 186 Å². The summed E-state index contributed by atoms with van der Waals surface area (Å²) in [6.07, 6.45) is 2.61. The molecule has 31 heavy (non-hydrogen) atoms. The lowest BCUT2D eigenvalue weighted by atomic mass is 10.2. The van der Waals surface area contributed by atoms with Gasteiger partial charge in [0, 0.05) is 25.4 Å². The van der Waals surface area contributed by atoms with Crippen molar-refractivity contribution in [3.63, 3.8) is 0 Å². The summed E-state index contributed by atoms with van der Waals surface area (Å²) in [6.45, 7) is -0.219. The number of aromatic nitrogens is 1. The van der Waals surface area contributed by atoms with Gasteiger partial charge in [-0.3, -0.25) is 4.79 Å². The second kappa shape index (κ2) is 9.95. The molecular formula is C21H22ClN3O5S. The molecule has 0 aliphatic carbocycles. The Bertz CT molecular complexity index is 1120. The van der Waals surface area contributed by atoms with E-state index in [1.54, 1.807) is 32.4 Å². The van der Waals surface area contributed by atoms with Crippen LogP contribution in [-0.4, -0.2) is 49.2 Å². The zero-order valence-electron chi connectivity index (χ0n) is 17.1. The number of benzene rings is 1. The monoisotopic (exact) mass is 463 g/mol. The number of hydrogen-bond donors (Lipinski definition) is 0. The van der Waals surface area contributed by atoms with Crippen molar-refractivity contribution in [2.75, 3.05) is 20.7 Å². The van der Waals surface area contributed by atoms with Crippen molar-refractivity contribution in [2.24, 2.45) is 0 Å². The normalized spacial score (nSPS) is 11.5. The van der Waals surface area contributed by atoms with Crippen molar-refractivity contribution >= 4 is 27.5 Å². The lowest BCUT2D eigenvalue weighted by molar-refractivity contribution is -0.130. The van der Waals surface area contributed by atoms with Crippen molar-refractivity contribution in [3.8, 4) is 5.75 Å². The number of furan rings is 1. The van der Waals surface area contributed by atoms with E-state index in [9.17, 15) is 13.2 Å². The number of likely N-dealkylation sites (N-methyl/N-ethyl adjacent to an activating group) is 1. The van der Waals surface area contributed by atoms with Crippen LogP contribution in [0.1, 0.15) is 11.3 Å². The molecule has 1 aromatic carbocycles. The number of methoxy groups -OCH3 is 1. The molecular weight excluding hydrogens is 442 g/mol. The van der Waals surface area contributed by atoms with Crippen LogP contribution in [0.2, 0.25) is 5.15 Å². The Hall–Kier alpha value is -2.88. The Morgan fingerprint density at radius 1 is 1.13 bits per heavy atom. The Morgan fingerprint density at radius 3 is 2.55 bits per heavy atom. The number of carbonyl (C=O) groups is 1. The van der Waals surface area contributed by atoms with Gasteiger partial charge in [-0.05, 0) is 30.3 Å². The molecule has 164 valence electrons. The highest BCUT2D eigenvalue weighted by molar-refractivity contribution is 7.89. The van der Waals surface area contributed by atoms with Crippen LogP contribution in [0.4, 0.5) is 0 Å². The van der Waals surface area contributed by atoms with Gasteiger partial charge in [-0.25, -0.2) is 13.4 Å². The average Bonchev–Trinajstić information content (AvgIpc) is 3.27. The Kier molecular flexibility index (Phi) is 7.32. The van der Waals surface area contributed by atoms with Gasteiger partial charge in [0.25, 0.3) is 0 Å². The van der Waals surface area contributed by atoms with Crippen LogP contribution in [0.3, 0.4) is 0 Å². The first-order chi connectivity index (χ1) is 14.8. The predicted molar refractivity (Wildman–Crippen MR) is 115 cm³/mol. The zero-order chi connectivity index (χ0) is 22.4. The van der Waals surface area contributed by atoms with Crippen molar-refractivity contribution in [1.29, 1.82) is 0 Å². The second-order valence-electron chi connectivity index (χ2n) is 6.73. The molecule has 0 bridgehead atoms. The third-order valence-electron chi connectivity index (χ3n) is 4.59. The van der Waals surface area contributed by atoms with Gasteiger partial charge in [0.2, 0.25) is 15.9 Å². The smallest absolute Gasteiger partial charge is 0.245 e. The minimum Gasteiger partial charge on any atom is -0.496 e. The van der Waals surface area contributed by atoms with Crippen LogP contribution < -0.4 is 4.74 Å². The molecule has 0 aliphatic heterocycles. The molecule has 0 saturated carbocycles. The maximum atomic E-state index is 13.2. The van der Waals surface area contributed by atoms with E-state index in [1.807, 2.05) is 18.2 Å². The van der Waals surface area contributed by atoms with E-state index in [2.05, 4.69) is 4.98 Å². The highest BCUT2D eigenvalue weighted by atomic mass is 35.5. The van der Waals surface area contributed by atoms with Crippen LogP contribution >= 0.6 is 11.6 Å². The van der Waals surface area contributed by atoms with E-state index in [1.165, 1.54) is 23.3 Å². The number of halogens is 1. The summed E-state index contributed by atoms with van der Waals surface area (Å²) in [5.41, 5.74) is 0.809. The molecule has 10 heteroatoms. The van der Waals surface area contributed by atoms with Crippen LogP contribution in [0.15, 0.2) is 70.3 Å². The molecule has 0 atom stereocenters. The van der Waals surface area contributed by atoms with Gasteiger partial charge in [0.15, 0.2) is 0 Å². The first-order valence-corrected chi connectivity index (χ1v) is 11.1. The summed E-state index contributed by atoms with van der Waals surface area (Å²) in [4.78, 5) is 18.2. The topological polar surface area (TPSA) is 93.0 Å². The van der Waals surface area contributed by atoms with Crippen LogP contribution in [0, 0.1) is 0 Å². The number of para-hydroxylation sites is 1. The first kappa shape index (κ1) is 22.8. The third kappa shape index (κ3) is 5.63. The molecule has 0 aliphatic rings. The number of carbonyl (C=O) groups excluding carboxylic acids is 1. The lowest BCUT2D eigenvalue weighted by Crippen LogP contribution is -2.40. The summed E-state index contributed by atoms with van der Waals surface area (Å²) in [6, 6.07) is 13.4. The molecule has 0 spiro atoms. The summed E-state index contributed by atoms with van der Waals surface area (Å²) in [5, 5.41) is 0.171. The summed E-state index contributed by atoms with van der Waals surface area (Å²) >= 11 is 5.78. The standard InChI is InChI=1S/C21H22ClN3O5S/c1-24(13-16-6-3-4-8-19(16)29-2)21(26)15-25(14-17-7-5-11-30-17)31(27,28)18-9-10-20(22)23-12-18/h3-12H,13-15H2,1-2H3. The number of amides is 1. The molecule has 1 amide bonds. The molecule has 0 radical (unpaired) electrons. The van der Waals surface area contributed by atoms with Crippen molar-refractivity contribution < 1.29 is 22.4 Å². The quantitative estimate of drug-likeness (QED) is 0.452. The van der Waals surface area contributed by atoms with Gasteiger partial charge in [0.05, 0.1) is 26.5 Å². The SMILES string of the molecule is COc1ccccc1CN(C)C(=O)CN(Cc1ccco1)S(=O)(=O)c1ccc(Cl)nc1. The Balaban J connectivity index is 1.82. The van der Waals surface area contributed by atoms with Gasteiger partial charge in [-0.15, -0.1) is 0 Å². The molecule has 0 unspecified atom stereocenters. The van der Waals surface area contributed by atoms with Crippen molar-refractivity contribution in [2.45, 2.75) is 18.0 Å². The fourth-order valence-electron chi connectivity index (χ4n) is 2.91. The van der Waals surface area contributed by atoms with E-state index in [-0.39, 0.29) is 35.6 Å². The molecule has 2 aromatic heterocycles. The third-order valence-corrected chi connectivity index (χ3v) is 6.59. The van der Waals surface area contributed by atoms with Crippen molar-refractivity contribution in [1.82, 2.24) is 14.2 Å². The molecule has 8 nitrogen and oxygen atoms in total. The number of rotatable bonds is 9. The number of hydrogen-bond acceptors (Lipinski definition) is 6. The predicted octanol–water partition coefficient (Wildman–Crippen LogP) is 3.19. The van der Waals surface area contributed by atoms with Gasteiger partial charge < -0.3 is 14.1 Å². The second-order valence-corrected chi connectivity index (χ2v) is 9.06. The van der Waals surface area contributed by atoms with E-state index in [0.717, 1.165) is 16.1 Å².